The highest BCUT2D eigenvalue weighted by Crippen LogP contribution is 2.31. The smallest absolute Gasteiger partial charge is 0.253 e. The zero-order chi connectivity index (χ0) is 22.3. The Balaban J connectivity index is 1.32. The molecular weight excluding hydrogens is 426 g/mol. The minimum Gasteiger partial charge on any atom is -0.364 e. The van der Waals surface area contributed by atoms with E-state index in [9.17, 15) is 13.2 Å². The van der Waals surface area contributed by atoms with Crippen LogP contribution in [0.3, 0.4) is 0 Å². The summed E-state index contributed by atoms with van der Waals surface area (Å²) in [6, 6.07) is 14.4. The summed E-state index contributed by atoms with van der Waals surface area (Å²) in [5.41, 5.74) is 2.21. The second-order valence-electron chi connectivity index (χ2n) is 8.38. The number of nitrogens with one attached hydrogen (secondary N) is 1. The van der Waals surface area contributed by atoms with Crippen molar-refractivity contribution >= 4 is 38.4 Å². The lowest BCUT2D eigenvalue weighted by atomic mass is 10.2. The molecule has 1 saturated carbocycles. The molecule has 3 aromatic rings. The van der Waals surface area contributed by atoms with Crippen LogP contribution in [0.4, 0.5) is 11.6 Å². The number of hydrogen-bond donors (Lipinski definition) is 1. The van der Waals surface area contributed by atoms with Crippen molar-refractivity contribution in [1.29, 1.82) is 0 Å². The van der Waals surface area contributed by atoms with Crippen LogP contribution in [-0.4, -0.2) is 67.7 Å². The Bertz CT molecular complexity index is 1260. The number of nitrogens with zero attached hydrogens (tertiary/aromatic N) is 4. The Morgan fingerprint density at radius 2 is 1.56 bits per heavy atom. The summed E-state index contributed by atoms with van der Waals surface area (Å²) >= 11 is 0. The normalized spacial score (nSPS) is 16.9. The second kappa shape index (κ2) is 8.05. The van der Waals surface area contributed by atoms with Gasteiger partial charge in [0.2, 0.25) is 0 Å². The number of fused-ring (bicyclic) bond motifs is 1. The van der Waals surface area contributed by atoms with Crippen molar-refractivity contribution in [3.8, 4) is 0 Å². The molecule has 1 aliphatic carbocycles. The SMILES string of the molecule is CS(=O)(=O)c1ccc(C(=O)N2CCN(c3nc4ccccc4nc3NC3CC3)CC2)cc1. The van der Waals surface area contributed by atoms with Gasteiger partial charge in [0.1, 0.15) is 0 Å². The zero-order valence-electron chi connectivity index (χ0n) is 17.9. The van der Waals surface area contributed by atoms with E-state index in [0.29, 0.717) is 37.8 Å². The van der Waals surface area contributed by atoms with Gasteiger partial charge in [-0.2, -0.15) is 0 Å². The van der Waals surface area contributed by atoms with Gasteiger partial charge >= 0.3 is 0 Å². The van der Waals surface area contributed by atoms with E-state index in [4.69, 9.17) is 9.97 Å². The summed E-state index contributed by atoms with van der Waals surface area (Å²) < 4.78 is 23.3. The molecule has 8 nitrogen and oxygen atoms in total. The quantitative estimate of drug-likeness (QED) is 0.637. The van der Waals surface area contributed by atoms with Gasteiger partial charge in [0.05, 0.1) is 15.9 Å². The molecule has 166 valence electrons. The third-order valence-corrected chi connectivity index (χ3v) is 6.99. The lowest BCUT2D eigenvalue weighted by Gasteiger charge is -2.36. The molecule has 2 aliphatic rings. The van der Waals surface area contributed by atoms with Crippen molar-refractivity contribution in [2.45, 2.75) is 23.8 Å². The van der Waals surface area contributed by atoms with E-state index in [1.54, 1.807) is 17.0 Å². The minimum atomic E-state index is -3.28. The third-order valence-electron chi connectivity index (χ3n) is 5.87. The second-order valence-corrected chi connectivity index (χ2v) is 10.4. The Morgan fingerprint density at radius 3 is 2.16 bits per heavy atom. The molecule has 2 fully saturated rings. The number of para-hydroxylation sites is 2. The zero-order valence-corrected chi connectivity index (χ0v) is 18.7. The summed E-state index contributed by atoms with van der Waals surface area (Å²) in [7, 11) is -3.28. The number of rotatable bonds is 5. The molecule has 9 heteroatoms. The lowest BCUT2D eigenvalue weighted by Crippen LogP contribution is -2.49. The number of anilines is 2. The molecule has 32 heavy (non-hydrogen) atoms. The van der Waals surface area contributed by atoms with Gasteiger partial charge in [-0.3, -0.25) is 4.79 Å². The van der Waals surface area contributed by atoms with Crippen LogP contribution in [0.5, 0.6) is 0 Å². The molecule has 2 aromatic carbocycles. The number of benzene rings is 2. The van der Waals surface area contributed by atoms with Gasteiger partial charge in [-0.1, -0.05) is 12.1 Å². The molecule has 1 N–H and O–H groups in total. The van der Waals surface area contributed by atoms with Crippen LogP contribution in [0, 0.1) is 0 Å². The molecule has 5 rings (SSSR count). The van der Waals surface area contributed by atoms with E-state index < -0.39 is 9.84 Å². The molecule has 1 saturated heterocycles. The van der Waals surface area contributed by atoms with Crippen LogP contribution >= 0.6 is 0 Å². The molecule has 1 aliphatic heterocycles. The van der Waals surface area contributed by atoms with Crippen molar-refractivity contribution in [2.24, 2.45) is 0 Å². The summed E-state index contributed by atoms with van der Waals surface area (Å²) in [4.78, 5) is 26.8. The van der Waals surface area contributed by atoms with E-state index in [1.807, 2.05) is 24.3 Å². The molecule has 0 bridgehead atoms. The standard InChI is InChI=1S/C23H25N5O3S/c1-32(30,31)18-10-6-16(7-11-18)23(29)28-14-12-27(13-15-28)22-21(24-17-8-9-17)25-19-4-2-3-5-20(19)26-22/h2-7,10-11,17H,8-9,12-15H2,1H3,(H,24,25). The van der Waals surface area contributed by atoms with Gasteiger partial charge in [0, 0.05) is 44.0 Å². The third kappa shape index (κ3) is 4.25. The average Bonchev–Trinajstić information content (AvgIpc) is 3.62. The molecule has 0 unspecified atom stereocenters. The molecule has 0 radical (unpaired) electrons. The molecule has 1 amide bonds. The predicted molar refractivity (Wildman–Crippen MR) is 124 cm³/mol. The number of carbonyl (C=O) groups excluding carboxylic acids is 1. The Kier molecular flexibility index (Phi) is 5.21. The van der Waals surface area contributed by atoms with Gasteiger partial charge in [0.25, 0.3) is 5.91 Å². The first kappa shape index (κ1) is 20.7. The van der Waals surface area contributed by atoms with Gasteiger partial charge in [-0.15, -0.1) is 0 Å². The molecule has 2 heterocycles. The number of piperazine rings is 1. The van der Waals surface area contributed by atoms with Crippen LogP contribution in [0.2, 0.25) is 0 Å². The van der Waals surface area contributed by atoms with Crippen molar-refractivity contribution < 1.29 is 13.2 Å². The van der Waals surface area contributed by atoms with Crippen LogP contribution in [0.1, 0.15) is 23.2 Å². The van der Waals surface area contributed by atoms with Gasteiger partial charge in [-0.25, -0.2) is 18.4 Å². The molecule has 0 spiro atoms. The Morgan fingerprint density at radius 1 is 0.938 bits per heavy atom. The first-order valence-corrected chi connectivity index (χ1v) is 12.7. The van der Waals surface area contributed by atoms with Crippen molar-refractivity contribution in [3.05, 3.63) is 54.1 Å². The monoisotopic (exact) mass is 451 g/mol. The molecule has 1 aromatic heterocycles. The van der Waals surface area contributed by atoms with E-state index in [0.717, 1.165) is 41.8 Å². The summed E-state index contributed by atoms with van der Waals surface area (Å²) in [5, 5.41) is 3.51. The maximum absolute atomic E-state index is 12.9. The fourth-order valence-electron chi connectivity index (χ4n) is 3.88. The van der Waals surface area contributed by atoms with Crippen molar-refractivity contribution in [1.82, 2.24) is 14.9 Å². The molecule has 0 atom stereocenters. The Labute approximate surface area is 187 Å². The predicted octanol–water partition coefficient (Wildman–Crippen LogP) is 2.57. The van der Waals surface area contributed by atoms with Crippen molar-refractivity contribution in [3.63, 3.8) is 0 Å². The van der Waals surface area contributed by atoms with E-state index in [-0.39, 0.29) is 10.8 Å². The molecular formula is C23H25N5O3S. The maximum atomic E-state index is 12.9. The van der Waals surface area contributed by atoms with Gasteiger partial charge in [-0.05, 0) is 49.2 Å². The highest BCUT2D eigenvalue weighted by molar-refractivity contribution is 7.90. The highest BCUT2D eigenvalue weighted by atomic mass is 32.2. The lowest BCUT2D eigenvalue weighted by molar-refractivity contribution is 0.0746. The number of hydrogen-bond acceptors (Lipinski definition) is 7. The van der Waals surface area contributed by atoms with Crippen LogP contribution in [0.25, 0.3) is 11.0 Å². The maximum Gasteiger partial charge on any atom is 0.253 e. The fraction of sp³-hybridized carbons (Fsp3) is 0.348. The van der Waals surface area contributed by atoms with Gasteiger partial charge < -0.3 is 15.1 Å². The van der Waals surface area contributed by atoms with E-state index in [1.165, 1.54) is 12.1 Å². The van der Waals surface area contributed by atoms with E-state index in [2.05, 4.69) is 10.2 Å². The highest BCUT2D eigenvalue weighted by Gasteiger charge is 2.28. The summed E-state index contributed by atoms with van der Waals surface area (Å²) in [6.07, 6.45) is 3.45. The average molecular weight is 452 g/mol. The number of carbonyl (C=O) groups is 1. The number of amides is 1. The van der Waals surface area contributed by atoms with Crippen LogP contribution in [-0.2, 0) is 9.84 Å². The van der Waals surface area contributed by atoms with Crippen molar-refractivity contribution in [2.75, 3.05) is 42.7 Å². The first-order valence-electron chi connectivity index (χ1n) is 10.8. The number of aromatic nitrogens is 2. The summed E-state index contributed by atoms with van der Waals surface area (Å²) in [6.45, 7) is 2.42. The minimum absolute atomic E-state index is 0.0920. The fourth-order valence-corrected chi connectivity index (χ4v) is 4.51. The van der Waals surface area contributed by atoms with E-state index >= 15 is 0 Å². The van der Waals surface area contributed by atoms with Crippen LogP contribution < -0.4 is 10.2 Å². The summed E-state index contributed by atoms with van der Waals surface area (Å²) in [5.74, 6) is 1.55. The first-order chi connectivity index (χ1) is 15.4. The van der Waals surface area contributed by atoms with Crippen LogP contribution in [0.15, 0.2) is 53.4 Å². The Hall–Kier alpha value is -3.20. The largest absolute Gasteiger partial charge is 0.364 e. The number of sulfone groups is 1. The topological polar surface area (TPSA) is 95.5 Å². The van der Waals surface area contributed by atoms with Gasteiger partial charge in [0.15, 0.2) is 21.5 Å².